The fraction of sp³-hybridized carbons (Fsp3) is 0.308. The number of pyridine rings is 1. The molecule has 2 aromatic heterocycles. The van der Waals surface area contributed by atoms with Gasteiger partial charge < -0.3 is 9.73 Å². The number of nitrogens with zero attached hydrogens (tertiary/aromatic N) is 1. The Kier molecular flexibility index (Phi) is 4.41. The smallest absolute Gasteiger partial charge is 0.266 e. The molecule has 6 nitrogen and oxygen atoms in total. The standard InChI is InChI=1S/C13H17N3O3S/c1-3-14-9-11-8-12(10(2)19-11)20(17,18)16-13-6-4-5-7-15-13/h4-8,14H,3,9H2,1-2H3,(H,15,16). The van der Waals surface area contributed by atoms with Gasteiger partial charge in [-0.3, -0.25) is 4.72 Å². The van der Waals surface area contributed by atoms with Crippen molar-refractivity contribution in [1.29, 1.82) is 0 Å². The van der Waals surface area contributed by atoms with Gasteiger partial charge in [0, 0.05) is 12.3 Å². The zero-order valence-electron chi connectivity index (χ0n) is 11.4. The average Bonchev–Trinajstić information content (AvgIpc) is 2.79. The topological polar surface area (TPSA) is 84.2 Å². The summed E-state index contributed by atoms with van der Waals surface area (Å²) in [4.78, 5) is 4.08. The first-order chi connectivity index (χ1) is 9.53. The van der Waals surface area contributed by atoms with E-state index in [1.807, 2.05) is 6.92 Å². The van der Waals surface area contributed by atoms with E-state index >= 15 is 0 Å². The van der Waals surface area contributed by atoms with Crippen LogP contribution in [-0.4, -0.2) is 19.9 Å². The molecule has 7 heteroatoms. The van der Waals surface area contributed by atoms with E-state index in [4.69, 9.17) is 4.42 Å². The molecule has 2 heterocycles. The van der Waals surface area contributed by atoms with Crippen molar-refractivity contribution >= 4 is 15.8 Å². The zero-order valence-corrected chi connectivity index (χ0v) is 12.2. The molecule has 0 fully saturated rings. The molecule has 20 heavy (non-hydrogen) atoms. The van der Waals surface area contributed by atoms with Gasteiger partial charge >= 0.3 is 0 Å². The van der Waals surface area contributed by atoms with Crippen molar-refractivity contribution in [2.75, 3.05) is 11.3 Å². The Morgan fingerprint density at radius 2 is 2.15 bits per heavy atom. The van der Waals surface area contributed by atoms with Gasteiger partial charge in [0.15, 0.2) is 0 Å². The van der Waals surface area contributed by atoms with E-state index < -0.39 is 10.0 Å². The molecule has 0 bridgehead atoms. The number of sulfonamides is 1. The highest BCUT2D eigenvalue weighted by Gasteiger charge is 2.21. The Balaban J connectivity index is 2.23. The summed E-state index contributed by atoms with van der Waals surface area (Å²) in [7, 11) is -3.68. The number of hydrogen-bond donors (Lipinski definition) is 2. The molecule has 0 atom stereocenters. The lowest BCUT2D eigenvalue weighted by Gasteiger charge is -2.05. The van der Waals surface area contributed by atoms with E-state index in [9.17, 15) is 8.42 Å². The number of furan rings is 1. The van der Waals surface area contributed by atoms with Crippen LogP contribution in [0.1, 0.15) is 18.4 Å². The summed E-state index contributed by atoms with van der Waals surface area (Å²) in [5, 5.41) is 3.08. The van der Waals surface area contributed by atoms with E-state index in [0.717, 1.165) is 6.54 Å². The fourth-order valence-electron chi connectivity index (χ4n) is 1.74. The monoisotopic (exact) mass is 295 g/mol. The van der Waals surface area contributed by atoms with Crippen molar-refractivity contribution in [3.63, 3.8) is 0 Å². The van der Waals surface area contributed by atoms with Crippen LogP contribution in [0.3, 0.4) is 0 Å². The van der Waals surface area contributed by atoms with Crippen molar-refractivity contribution < 1.29 is 12.8 Å². The molecule has 0 radical (unpaired) electrons. The number of nitrogens with one attached hydrogen (secondary N) is 2. The van der Waals surface area contributed by atoms with Crippen LogP contribution in [0.2, 0.25) is 0 Å². The Hall–Kier alpha value is -1.86. The van der Waals surface area contributed by atoms with Crippen LogP contribution >= 0.6 is 0 Å². The predicted molar refractivity (Wildman–Crippen MR) is 75.9 cm³/mol. The van der Waals surface area contributed by atoms with E-state index in [-0.39, 0.29) is 10.7 Å². The molecule has 0 aliphatic carbocycles. The van der Waals surface area contributed by atoms with Gasteiger partial charge in [0.1, 0.15) is 22.2 Å². The van der Waals surface area contributed by atoms with Gasteiger partial charge in [-0.25, -0.2) is 13.4 Å². The third-order valence-electron chi connectivity index (χ3n) is 2.67. The lowest BCUT2D eigenvalue weighted by atomic mass is 10.4. The highest BCUT2D eigenvalue weighted by Crippen LogP contribution is 2.22. The molecule has 0 saturated carbocycles. The predicted octanol–water partition coefficient (Wildman–Crippen LogP) is 1.89. The molecule has 2 rings (SSSR count). The Morgan fingerprint density at radius 3 is 2.80 bits per heavy atom. The largest absolute Gasteiger partial charge is 0.464 e. The van der Waals surface area contributed by atoms with Crippen LogP contribution < -0.4 is 10.0 Å². The van der Waals surface area contributed by atoms with Gasteiger partial charge in [-0.15, -0.1) is 0 Å². The van der Waals surface area contributed by atoms with Gasteiger partial charge in [-0.05, 0) is 25.6 Å². The first kappa shape index (κ1) is 14.5. The molecule has 0 aliphatic rings. The molecule has 108 valence electrons. The molecule has 2 aromatic rings. The molecule has 2 N–H and O–H groups in total. The lowest BCUT2D eigenvalue weighted by Crippen LogP contribution is -2.14. The summed E-state index contributed by atoms with van der Waals surface area (Å²) in [5.41, 5.74) is 0. The first-order valence-electron chi connectivity index (χ1n) is 6.27. The van der Waals surface area contributed by atoms with Gasteiger partial charge in [-0.2, -0.15) is 0 Å². The molecular formula is C13H17N3O3S. The zero-order chi connectivity index (χ0) is 14.6. The summed E-state index contributed by atoms with van der Waals surface area (Å²) in [5.74, 6) is 1.23. The van der Waals surface area contributed by atoms with Crippen LogP contribution in [0.25, 0.3) is 0 Å². The van der Waals surface area contributed by atoms with Crippen molar-refractivity contribution in [2.45, 2.75) is 25.3 Å². The summed E-state index contributed by atoms with van der Waals surface area (Å²) < 4.78 is 32.4. The van der Waals surface area contributed by atoms with Crippen molar-refractivity contribution in [3.8, 4) is 0 Å². The molecule has 0 aromatic carbocycles. The highest BCUT2D eigenvalue weighted by atomic mass is 32.2. The third-order valence-corrected chi connectivity index (χ3v) is 4.13. The second-order valence-electron chi connectivity index (χ2n) is 4.23. The first-order valence-corrected chi connectivity index (χ1v) is 7.75. The second kappa shape index (κ2) is 6.06. The van der Waals surface area contributed by atoms with Crippen LogP contribution in [0.4, 0.5) is 5.82 Å². The Morgan fingerprint density at radius 1 is 1.35 bits per heavy atom. The minimum absolute atomic E-state index is 0.135. The minimum atomic E-state index is -3.68. The number of aryl methyl sites for hydroxylation is 1. The third kappa shape index (κ3) is 3.37. The van der Waals surface area contributed by atoms with Gasteiger partial charge in [0.2, 0.25) is 0 Å². The van der Waals surface area contributed by atoms with Crippen LogP contribution in [0.15, 0.2) is 39.8 Å². The average molecular weight is 295 g/mol. The summed E-state index contributed by atoms with van der Waals surface area (Å²) in [6.07, 6.45) is 1.52. The van der Waals surface area contributed by atoms with Gasteiger partial charge in [0.25, 0.3) is 10.0 Å². The second-order valence-corrected chi connectivity index (χ2v) is 5.88. The maximum Gasteiger partial charge on any atom is 0.266 e. The normalized spacial score (nSPS) is 11.5. The van der Waals surface area contributed by atoms with Crippen molar-refractivity contribution in [1.82, 2.24) is 10.3 Å². The van der Waals surface area contributed by atoms with Gasteiger partial charge in [0.05, 0.1) is 6.54 Å². The molecular weight excluding hydrogens is 278 g/mol. The molecule has 0 amide bonds. The van der Waals surface area contributed by atoms with Gasteiger partial charge in [-0.1, -0.05) is 13.0 Å². The van der Waals surface area contributed by atoms with Crippen LogP contribution in [0, 0.1) is 6.92 Å². The quantitative estimate of drug-likeness (QED) is 0.850. The van der Waals surface area contributed by atoms with E-state index in [0.29, 0.717) is 18.1 Å². The van der Waals surface area contributed by atoms with E-state index in [1.54, 1.807) is 25.1 Å². The van der Waals surface area contributed by atoms with Crippen LogP contribution in [0.5, 0.6) is 0 Å². The molecule has 0 aliphatic heterocycles. The lowest BCUT2D eigenvalue weighted by molar-refractivity contribution is 0.460. The Labute approximate surface area is 118 Å². The maximum atomic E-state index is 12.3. The minimum Gasteiger partial charge on any atom is -0.464 e. The maximum absolute atomic E-state index is 12.3. The number of aromatic nitrogens is 1. The Bertz CT molecular complexity index is 665. The molecule has 0 saturated heterocycles. The number of hydrogen-bond acceptors (Lipinski definition) is 5. The summed E-state index contributed by atoms with van der Waals surface area (Å²) in [6, 6.07) is 6.55. The van der Waals surface area contributed by atoms with Crippen molar-refractivity contribution in [3.05, 3.63) is 42.0 Å². The van der Waals surface area contributed by atoms with E-state index in [1.165, 1.54) is 12.3 Å². The van der Waals surface area contributed by atoms with Crippen LogP contribution in [-0.2, 0) is 16.6 Å². The SMILES string of the molecule is CCNCc1cc(S(=O)(=O)Nc2ccccn2)c(C)o1. The highest BCUT2D eigenvalue weighted by molar-refractivity contribution is 7.92. The van der Waals surface area contributed by atoms with E-state index in [2.05, 4.69) is 15.0 Å². The fourth-order valence-corrected chi connectivity index (χ4v) is 2.95. The number of anilines is 1. The number of rotatable bonds is 6. The molecule has 0 unspecified atom stereocenters. The summed E-state index contributed by atoms with van der Waals surface area (Å²) >= 11 is 0. The summed E-state index contributed by atoms with van der Waals surface area (Å²) in [6.45, 7) is 4.88. The molecule has 0 spiro atoms. The van der Waals surface area contributed by atoms with Crippen molar-refractivity contribution in [2.24, 2.45) is 0 Å².